The molecule has 1 aromatic carbocycles. The molecule has 1 heterocycles. The first-order valence-electron chi connectivity index (χ1n) is 5.43. The van der Waals surface area contributed by atoms with Crippen molar-refractivity contribution in [3.05, 3.63) is 34.7 Å². The van der Waals surface area contributed by atoms with Crippen LogP contribution in [0.15, 0.2) is 23.6 Å². The first-order chi connectivity index (χ1) is 8.09. The topological polar surface area (TPSA) is 46.5 Å². The fourth-order valence-corrected chi connectivity index (χ4v) is 2.67. The van der Waals surface area contributed by atoms with Crippen molar-refractivity contribution in [2.45, 2.75) is 26.6 Å². The summed E-state index contributed by atoms with van der Waals surface area (Å²) in [6.07, 6.45) is 0.141. The fraction of sp³-hybridized carbons (Fsp3) is 0.308. The number of carboxylic acid groups (broad SMARTS) is 1. The molecule has 0 aliphatic heterocycles. The van der Waals surface area contributed by atoms with Crippen LogP contribution in [-0.2, 0) is 11.3 Å². The maximum absolute atomic E-state index is 11.2. The second kappa shape index (κ2) is 4.85. The SMILES string of the molecule is CC(C)OCc1csc2cccc(C(=O)O)c12. The van der Waals surface area contributed by atoms with Crippen molar-refractivity contribution in [2.24, 2.45) is 0 Å². The van der Waals surface area contributed by atoms with Crippen LogP contribution >= 0.6 is 11.3 Å². The number of rotatable bonds is 4. The molecule has 0 atom stereocenters. The maximum atomic E-state index is 11.2. The van der Waals surface area contributed by atoms with Crippen LogP contribution in [0.25, 0.3) is 10.1 Å². The molecule has 0 radical (unpaired) electrons. The Morgan fingerprint density at radius 1 is 1.47 bits per heavy atom. The number of hydrogen-bond donors (Lipinski definition) is 1. The fourth-order valence-electron chi connectivity index (χ4n) is 1.69. The van der Waals surface area contributed by atoms with E-state index in [0.717, 1.165) is 15.6 Å². The molecular formula is C13H14O3S. The van der Waals surface area contributed by atoms with E-state index in [1.165, 1.54) is 0 Å². The first-order valence-corrected chi connectivity index (χ1v) is 6.31. The number of hydrogen-bond acceptors (Lipinski definition) is 3. The lowest BCUT2D eigenvalue weighted by Crippen LogP contribution is -2.03. The highest BCUT2D eigenvalue weighted by Gasteiger charge is 2.13. The van der Waals surface area contributed by atoms with Crippen LogP contribution in [0.3, 0.4) is 0 Å². The van der Waals surface area contributed by atoms with E-state index in [1.807, 2.05) is 25.3 Å². The highest BCUT2D eigenvalue weighted by atomic mass is 32.1. The lowest BCUT2D eigenvalue weighted by molar-refractivity contribution is 0.0664. The number of ether oxygens (including phenoxy) is 1. The zero-order valence-electron chi connectivity index (χ0n) is 9.77. The number of aromatic carboxylic acids is 1. The van der Waals surface area contributed by atoms with Crippen LogP contribution < -0.4 is 0 Å². The Kier molecular flexibility index (Phi) is 3.45. The van der Waals surface area contributed by atoms with Gasteiger partial charge in [-0.3, -0.25) is 0 Å². The van der Waals surface area contributed by atoms with E-state index >= 15 is 0 Å². The second-order valence-electron chi connectivity index (χ2n) is 4.10. The molecule has 1 N–H and O–H groups in total. The summed E-state index contributed by atoms with van der Waals surface area (Å²) in [5, 5.41) is 11.9. The predicted molar refractivity (Wildman–Crippen MR) is 68.7 cm³/mol. The van der Waals surface area contributed by atoms with E-state index in [4.69, 9.17) is 9.84 Å². The minimum absolute atomic E-state index is 0.141. The summed E-state index contributed by atoms with van der Waals surface area (Å²) in [5.74, 6) is -0.889. The Bertz CT molecular complexity index is 543. The normalized spacial score (nSPS) is 11.2. The highest BCUT2D eigenvalue weighted by Crippen LogP contribution is 2.29. The Morgan fingerprint density at radius 3 is 2.88 bits per heavy atom. The summed E-state index contributed by atoms with van der Waals surface area (Å²) < 4.78 is 6.54. The molecule has 0 saturated heterocycles. The molecule has 90 valence electrons. The number of fused-ring (bicyclic) bond motifs is 1. The summed E-state index contributed by atoms with van der Waals surface area (Å²) in [6.45, 7) is 4.39. The zero-order chi connectivity index (χ0) is 12.4. The van der Waals surface area contributed by atoms with Crippen LogP contribution in [0, 0.1) is 0 Å². The van der Waals surface area contributed by atoms with Gasteiger partial charge in [-0.05, 0) is 36.9 Å². The molecule has 0 spiro atoms. The molecule has 2 rings (SSSR count). The van der Waals surface area contributed by atoms with Gasteiger partial charge in [-0.15, -0.1) is 11.3 Å². The first kappa shape index (κ1) is 12.1. The van der Waals surface area contributed by atoms with Crippen LogP contribution in [0.2, 0.25) is 0 Å². The maximum Gasteiger partial charge on any atom is 0.336 e. The lowest BCUT2D eigenvalue weighted by atomic mass is 10.1. The molecule has 4 heteroatoms. The summed E-state index contributed by atoms with van der Waals surface area (Å²) in [4.78, 5) is 11.2. The van der Waals surface area contributed by atoms with E-state index in [0.29, 0.717) is 12.2 Å². The smallest absolute Gasteiger partial charge is 0.336 e. The molecular weight excluding hydrogens is 236 g/mol. The molecule has 2 aromatic rings. The Hall–Kier alpha value is -1.39. The molecule has 1 aromatic heterocycles. The molecule has 0 bridgehead atoms. The molecule has 0 saturated carbocycles. The summed E-state index contributed by atoms with van der Waals surface area (Å²) in [5.41, 5.74) is 1.31. The van der Waals surface area contributed by atoms with Gasteiger partial charge in [0.25, 0.3) is 0 Å². The van der Waals surface area contributed by atoms with Gasteiger partial charge in [0.05, 0.1) is 18.3 Å². The second-order valence-corrected chi connectivity index (χ2v) is 5.02. The van der Waals surface area contributed by atoms with Gasteiger partial charge in [0.2, 0.25) is 0 Å². The van der Waals surface area contributed by atoms with Crippen molar-refractivity contribution in [1.82, 2.24) is 0 Å². The van der Waals surface area contributed by atoms with E-state index in [1.54, 1.807) is 23.5 Å². The average molecular weight is 250 g/mol. The van der Waals surface area contributed by atoms with Gasteiger partial charge in [0.15, 0.2) is 0 Å². The van der Waals surface area contributed by atoms with Crippen molar-refractivity contribution in [2.75, 3.05) is 0 Å². The van der Waals surface area contributed by atoms with Gasteiger partial charge in [0, 0.05) is 10.1 Å². The largest absolute Gasteiger partial charge is 0.478 e. The molecule has 0 aliphatic carbocycles. The quantitative estimate of drug-likeness (QED) is 0.903. The third-order valence-corrected chi connectivity index (χ3v) is 3.47. The Balaban J connectivity index is 2.46. The van der Waals surface area contributed by atoms with Crippen LogP contribution in [-0.4, -0.2) is 17.2 Å². The Morgan fingerprint density at radius 2 is 2.24 bits per heavy atom. The van der Waals surface area contributed by atoms with Gasteiger partial charge < -0.3 is 9.84 Å². The molecule has 0 unspecified atom stereocenters. The monoisotopic (exact) mass is 250 g/mol. The summed E-state index contributed by atoms with van der Waals surface area (Å²) in [6, 6.07) is 5.34. The van der Waals surface area contributed by atoms with Crippen LogP contribution in [0.4, 0.5) is 0 Å². The van der Waals surface area contributed by atoms with E-state index in [2.05, 4.69) is 0 Å². The minimum Gasteiger partial charge on any atom is -0.478 e. The lowest BCUT2D eigenvalue weighted by Gasteiger charge is -2.07. The van der Waals surface area contributed by atoms with Crippen LogP contribution in [0.5, 0.6) is 0 Å². The third-order valence-electron chi connectivity index (χ3n) is 2.48. The number of carboxylic acids is 1. The van der Waals surface area contributed by atoms with Crippen molar-refractivity contribution in [3.8, 4) is 0 Å². The molecule has 0 aliphatic rings. The molecule has 17 heavy (non-hydrogen) atoms. The zero-order valence-corrected chi connectivity index (χ0v) is 10.6. The molecule has 0 amide bonds. The summed E-state index contributed by atoms with van der Waals surface area (Å²) in [7, 11) is 0. The van der Waals surface area contributed by atoms with Gasteiger partial charge >= 0.3 is 5.97 Å². The number of thiophene rings is 1. The van der Waals surface area contributed by atoms with Crippen molar-refractivity contribution in [1.29, 1.82) is 0 Å². The van der Waals surface area contributed by atoms with Crippen molar-refractivity contribution in [3.63, 3.8) is 0 Å². The average Bonchev–Trinajstić information content (AvgIpc) is 2.69. The number of benzene rings is 1. The summed E-state index contributed by atoms with van der Waals surface area (Å²) >= 11 is 1.55. The van der Waals surface area contributed by atoms with Crippen molar-refractivity contribution < 1.29 is 14.6 Å². The van der Waals surface area contributed by atoms with E-state index in [-0.39, 0.29) is 6.10 Å². The van der Waals surface area contributed by atoms with E-state index in [9.17, 15) is 4.79 Å². The molecule has 0 fully saturated rings. The Labute approximate surface area is 104 Å². The molecule has 3 nitrogen and oxygen atoms in total. The van der Waals surface area contributed by atoms with Crippen LogP contribution in [0.1, 0.15) is 29.8 Å². The third kappa shape index (κ3) is 2.48. The minimum atomic E-state index is -0.889. The highest BCUT2D eigenvalue weighted by molar-refractivity contribution is 7.17. The number of carbonyl (C=O) groups is 1. The van der Waals surface area contributed by atoms with E-state index < -0.39 is 5.97 Å². The van der Waals surface area contributed by atoms with Gasteiger partial charge in [0.1, 0.15) is 0 Å². The van der Waals surface area contributed by atoms with Gasteiger partial charge in [-0.2, -0.15) is 0 Å². The van der Waals surface area contributed by atoms with Crippen molar-refractivity contribution >= 4 is 27.4 Å². The predicted octanol–water partition coefficient (Wildman–Crippen LogP) is 3.52. The van der Waals surface area contributed by atoms with Gasteiger partial charge in [-0.25, -0.2) is 4.79 Å². The standard InChI is InChI=1S/C13H14O3S/c1-8(2)16-6-9-7-17-11-5-3-4-10(12(9)11)13(14)15/h3-5,7-8H,6H2,1-2H3,(H,14,15). The van der Waals surface area contributed by atoms with Gasteiger partial charge in [-0.1, -0.05) is 6.07 Å².